The molecule has 1 saturated heterocycles. The molecule has 4 nitrogen and oxygen atoms in total. The molecule has 1 heterocycles. The molecule has 15 heavy (non-hydrogen) atoms. The quantitative estimate of drug-likeness (QED) is 0.533. The summed E-state index contributed by atoms with van der Waals surface area (Å²) in [7, 11) is 0. The summed E-state index contributed by atoms with van der Waals surface area (Å²) in [6, 6.07) is 0. The third-order valence-corrected chi connectivity index (χ3v) is 3.07. The van der Waals surface area contributed by atoms with E-state index in [4.69, 9.17) is 0 Å². The van der Waals surface area contributed by atoms with Crippen LogP contribution in [-0.4, -0.2) is 57.2 Å². The van der Waals surface area contributed by atoms with Crippen LogP contribution < -0.4 is 0 Å². The van der Waals surface area contributed by atoms with Crippen molar-refractivity contribution in [3.63, 3.8) is 0 Å². The second kappa shape index (κ2) is 4.78. The van der Waals surface area contributed by atoms with E-state index in [0.29, 0.717) is 13.0 Å². The average molecular weight is 217 g/mol. The van der Waals surface area contributed by atoms with Gasteiger partial charge in [-0.2, -0.15) is 0 Å². The summed E-state index contributed by atoms with van der Waals surface area (Å²) in [6.07, 6.45) is -1.27. The van der Waals surface area contributed by atoms with Crippen LogP contribution in [0.5, 0.6) is 0 Å². The van der Waals surface area contributed by atoms with Crippen LogP contribution in [-0.2, 0) is 0 Å². The lowest BCUT2D eigenvalue weighted by Gasteiger charge is -2.40. The van der Waals surface area contributed by atoms with Gasteiger partial charge in [-0.1, -0.05) is 0 Å². The van der Waals surface area contributed by atoms with E-state index in [0.717, 1.165) is 13.0 Å². The van der Waals surface area contributed by atoms with Crippen LogP contribution in [0, 0.1) is 0 Å². The van der Waals surface area contributed by atoms with Gasteiger partial charge >= 0.3 is 0 Å². The van der Waals surface area contributed by atoms with Gasteiger partial charge in [0.25, 0.3) is 0 Å². The fraction of sp³-hybridized carbons (Fsp3) is 1.00. The Kier molecular flexibility index (Phi) is 4.12. The van der Waals surface area contributed by atoms with Crippen LogP contribution in [0.3, 0.4) is 0 Å². The van der Waals surface area contributed by atoms with Crippen molar-refractivity contribution in [2.45, 2.75) is 57.5 Å². The molecular weight excluding hydrogens is 194 g/mol. The topological polar surface area (TPSA) is 63.9 Å². The molecule has 0 aliphatic carbocycles. The minimum absolute atomic E-state index is 0.0109. The first kappa shape index (κ1) is 12.9. The van der Waals surface area contributed by atoms with Gasteiger partial charge in [0.2, 0.25) is 0 Å². The van der Waals surface area contributed by atoms with Crippen molar-refractivity contribution in [3.8, 4) is 0 Å². The van der Waals surface area contributed by atoms with Gasteiger partial charge in [-0.05, 0) is 40.2 Å². The van der Waals surface area contributed by atoms with Crippen LogP contribution in [0.1, 0.15) is 33.6 Å². The first-order chi connectivity index (χ1) is 6.82. The molecule has 4 heteroatoms. The third kappa shape index (κ3) is 3.41. The van der Waals surface area contributed by atoms with Crippen LogP contribution in [0.25, 0.3) is 0 Å². The van der Waals surface area contributed by atoms with Crippen molar-refractivity contribution in [3.05, 3.63) is 0 Å². The van der Waals surface area contributed by atoms with Crippen molar-refractivity contribution in [2.24, 2.45) is 0 Å². The summed E-state index contributed by atoms with van der Waals surface area (Å²) < 4.78 is 0. The zero-order chi connectivity index (χ0) is 11.6. The molecule has 0 aromatic carbocycles. The maximum atomic E-state index is 9.74. The Bertz CT molecular complexity index is 202. The van der Waals surface area contributed by atoms with Crippen LogP contribution >= 0.6 is 0 Å². The monoisotopic (exact) mass is 217 g/mol. The molecule has 1 fully saturated rings. The number of aliphatic hydroxyl groups excluding tert-OH is 3. The number of hydrogen-bond acceptors (Lipinski definition) is 4. The van der Waals surface area contributed by atoms with Crippen LogP contribution in [0.2, 0.25) is 0 Å². The standard InChI is InChI=1S/C11H23NO3/c1-11(2,3)12-6-4-5-8(13)10(15)9(14)7-12/h8-10,13-15H,4-7H2,1-3H3/t8-,9+,10+/m1/s1. The summed E-state index contributed by atoms with van der Waals surface area (Å²) in [6.45, 7) is 7.53. The number of nitrogens with zero attached hydrogens (tertiary/aromatic N) is 1. The molecule has 0 radical (unpaired) electrons. The van der Waals surface area contributed by atoms with E-state index in [2.05, 4.69) is 25.7 Å². The maximum absolute atomic E-state index is 9.74. The predicted octanol–water partition coefficient (Wildman–Crippen LogP) is -0.0366. The van der Waals surface area contributed by atoms with Gasteiger partial charge in [0.1, 0.15) is 6.10 Å². The molecule has 0 aromatic rings. The van der Waals surface area contributed by atoms with Crippen molar-refractivity contribution in [1.29, 1.82) is 0 Å². The Morgan fingerprint density at radius 1 is 1.07 bits per heavy atom. The highest BCUT2D eigenvalue weighted by Crippen LogP contribution is 2.20. The van der Waals surface area contributed by atoms with Gasteiger partial charge < -0.3 is 15.3 Å². The number of rotatable bonds is 0. The highest BCUT2D eigenvalue weighted by Gasteiger charge is 2.32. The second-order valence-corrected chi connectivity index (χ2v) is 5.38. The zero-order valence-electron chi connectivity index (χ0n) is 9.85. The van der Waals surface area contributed by atoms with E-state index in [1.807, 2.05) is 0 Å². The van der Waals surface area contributed by atoms with Gasteiger partial charge in [0, 0.05) is 12.1 Å². The van der Waals surface area contributed by atoms with Gasteiger partial charge in [-0.3, -0.25) is 4.90 Å². The van der Waals surface area contributed by atoms with Crippen molar-refractivity contribution >= 4 is 0 Å². The highest BCUT2D eigenvalue weighted by molar-refractivity contribution is 4.86. The number of β-amino-alcohol motifs (C(OH)–C–C–N with tert-alkyl or cyclic N) is 1. The Labute approximate surface area is 91.5 Å². The smallest absolute Gasteiger partial charge is 0.107 e. The summed E-state index contributed by atoms with van der Waals surface area (Å²) in [5.41, 5.74) is -0.0109. The fourth-order valence-electron chi connectivity index (χ4n) is 1.95. The molecule has 0 unspecified atom stereocenters. The van der Waals surface area contributed by atoms with E-state index in [1.165, 1.54) is 0 Å². The number of likely N-dealkylation sites (tertiary alicyclic amines) is 1. The summed E-state index contributed by atoms with van der Waals surface area (Å²) in [5.74, 6) is 0. The Morgan fingerprint density at radius 2 is 1.67 bits per heavy atom. The summed E-state index contributed by atoms with van der Waals surface area (Å²) >= 11 is 0. The van der Waals surface area contributed by atoms with Crippen LogP contribution in [0.15, 0.2) is 0 Å². The van der Waals surface area contributed by atoms with E-state index in [-0.39, 0.29) is 5.54 Å². The third-order valence-electron chi connectivity index (χ3n) is 3.07. The van der Waals surface area contributed by atoms with Crippen molar-refractivity contribution in [2.75, 3.05) is 13.1 Å². The lowest BCUT2D eigenvalue weighted by atomic mass is 9.96. The van der Waals surface area contributed by atoms with Gasteiger partial charge in [0.15, 0.2) is 0 Å². The lowest BCUT2D eigenvalue weighted by Crippen LogP contribution is -2.52. The average Bonchev–Trinajstić information content (AvgIpc) is 2.11. The molecule has 90 valence electrons. The molecule has 0 amide bonds. The van der Waals surface area contributed by atoms with Crippen molar-refractivity contribution in [1.82, 2.24) is 4.90 Å². The molecule has 1 aliphatic heterocycles. The Hall–Kier alpha value is -0.160. The minimum atomic E-state index is -1.02. The number of aliphatic hydroxyl groups is 3. The van der Waals surface area contributed by atoms with Gasteiger partial charge in [0.05, 0.1) is 12.2 Å². The largest absolute Gasteiger partial charge is 0.390 e. The second-order valence-electron chi connectivity index (χ2n) is 5.38. The molecule has 3 N–H and O–H groups in total. The van der Waals surface area contributed by atoms with Gasteiger partial charge in [-0.25, -0.2) is 0 Å². The minimum Gasteiger partial charge on any atom is -0.390 e. The first-order valence-electron chi connectivity index (χ1n) is 5.61. The molecule has 1 aliphatic rings. The first-order valence-corrected chi connectivity index (χ1v) is 5.61. The molecule has 0 bridgehead atoms. The highest BCUT2D eigenvalue weighted by atomic mass is 16.4. The van der Waals surface area contributed by atoms with E-state index >= 15 is 0 Å². The maximum Gasteiger partial charge on any atom is 0.107 e. The van der Waals surface area contributed by atoms with Crippen molar-refractivity contribution < 1.29 is 15.3 Å². The Balaban J connectivity index is 2.66. The summed E-state index contributed by atoms with van der Waals surface area (Å²) in [5, 5.41) is 28.9. The van der Waals surface area contributed by atoms with Gasteiger partial charge in [-0.15, -0.1) is 0 Å². The molecule has 0 aromatic heterocycles. The van der Waals surface area contributed by atoms with E-state index in [9.17, 15) is 15.3 Å². The summed E-state index contributed by atoms with van der Waals surface area (Å²) in [4.78, 5) is 2.15. The normalized spacial score (nSPS) is 36.0. The molecule has 3 atom stereocenters. The predicted molar refractivity (Wildman–Crippen MR) is 58.6 cm³/mol. The molecule has 0 spiro atoms. The zero-order valence-corrected chi connectivity index (χ0v) is 9.85. The number of hydrogen-bond donors (Lipinski definition) is 3. The van der Waals surface area contributed by atoms with E-state index < -0.39 is 18.3 Å². The van der Waals surface area contributed by atoms with E-state index in [1.54, 1.807) is 0 Å². The SMILES string of the molecule is CC(C)(C)N1CCC[C@@H](O)[C@H](O)[C@@H](O)C1. The fourth-order valence-corrected chi connectivity index (χ4v) is 1.95. The molecular formula is C11H23NO3. The lowest BCUT2D eigenvalue weighted by molar-refractivity contribution is -0.0899. The van der Waals surface area contributed by atoms with Crippen LogP contribution in [0.4, 0.5) is 0 Å². The Morgan fingerprint density at radius 3 is 2.20 bits per heavy atom. The molecule has 0 saturated carbocycles. The molecule has 1 rings (SSSR count).